The predicted octanol–water partition coefficient (Wildman–Crippen LogP) is 0.536. The third-order valence-electron chi connectivity index (χ3n) is 1.88. The topological polar surface area (TPSA) is 84.9 Å². The number of nitrogen functional groups attached to an aromatic ring is 1. The van der Waals surface area contributed by atoms with Gasteiger partial charge in [0.1, 0.15) is 5.69 Å². The van der Waals surface area contributed by atoms with Crippen LogP contribution in [0.2, 0.25) is 0 Å². The van der Waals surface area contributed by atoms with Crippen molar-refractivity contribution in [3.63, 3.8) is 0 Å². The van der Waals surface area contributed by atoms with Gasteiger partial charge in [0.15, 0.2) is 5.76 Å². The standard InChI is InChI=1S/C9H9N3O2/c10-8-7(14-12-9(8)13)5-6-3-1-2-4-11-6/h1-4H,5,10H2,(H,12,13). The van der Waals surface area contributed by atoms with Crippen molar-refractivity contribution in [2.45, 2.75) is 6.42 Å². The van der Waals surface area contributed by atoms with Crippen LogP contribution in [-0.4, -0.2) is 10.1 Å². The number of rotatable bonds is 2. The van der Waals surface area contributed by atoms with Gasteiger partial charge >= 0.3 is 5.56 Å². The van der Waals surface area contributed by atoms with Crippen LogP contribution < -0.4 is 11.3 Å². The van der Waals surface area contributed by atoms with Crippen LogP contribution in [0.4, 0.5) is 5.69 Å². The van der Waals surface area contributed by atoms with Crippen molar-refractivity contribution in [2.24, 2.45) is 0 Å². The number of nitrogens with one attached hydrogen (secondary N) is 1. The highest BCUT2D eigenvalue weighted by Crippen LogP contribution is 2.09. The Labute approximate surface area is 79.5 Å². The van der Waals surface area contributed by atoms with E-state index in [9.17, 15) is 4.79 Å². The van der Waals surface area contributed by atoms with Crippen LogP contribution in [0.3, 0.4) is 0 Å². The minimum absolute atomic E-state index is 0.121. The predicted molar refractivity (Wildman–Crippen MR) is 50.8 cm³/mol. The number of pyridine rings is 1. The molecule has 0 saturated carbocycles. The molecule has 0 radical (unpaired) electrons. The zero-order chi connectivity index (χ0) is 9.97. The molecule has 0 aliphatic carbocycles. The molecule has 0 fully saturated rings. The van der Waals surface area contributed by atoms with E-state index in [2.05, 4.69) is 10.1 Å². The number of hydrogen-bond donors (Lipinski definition) is 2. The summed E-state index contributed by atoms with van der Waals surface area (Å²) in [5.41, 5.74) is 6.02. The zero-order valence-corrected chi connectivity index (χ0v) is 7.36. The normalized spacial score (nSPS) is 10.3. The van der Waals surface area contributed by atoms with Crippen LogP contribution in [-0.2, 0) is 6.42 Å². The van der Waals surface area contributed by atoms with E-state index in [1.54, 1.807) is 6.20 Å². The van der Waals surface area contributed by atoms with Crippen molar-refractivity contribution in [1.82, 2.24) is 10.1 Å². The van der Waals surface area contributed by atoms with Crippen molar-refractivity contribution < 1.29 is 4.52 Å². The largest absolute Gasteiger partial charge is 0.391 e. The molecule has 14 heavy (non-hydrogen) atoms. The van der Waals surface area contributed by atoms with Crippen molar-refractivity contribution in [1.29, 1.82) is 0 Å². The molecule has 0 aliphatic heterocycles. The Kier molecular flexibility index (Phi) is 2.06. The summed E-state index contributed by atoms with van der Waals surface area (Å²) in [6.07, 6.45) is 2.10. The molecule has 0 aliphatic rings. The zero-order valence-electron chi connectivity index (χ0n) is 7.36. The number of H-pyrrole nitrogens is 1. The highest BCUT2D eigenvalue weighted by atomic mass is 16.5. The Morgan fingerprint density at radius 1 is 1.50 bits per heavy atom. The summed E-state index contributed by atoms with van der Waals surface area (Å²) < 4.78 is 4.90. The third-order valence-corrected chi connectivity index (χ3v) is 1.88. The number of nitrogens with two attached hydrogens (primary N) is 1. The van der Waals surface area contributed by atoms with E-state index in [1.165, 1.54) is 0 Å². The maximum Gasteiger partial charge on any atom is 0.303 e. The molecule has 2 heterocycles. The molecule has 0 aromatic carbocycles. The molecule has 3 N–H and O–H groups in total. The summed E-state index contributed by atoms with van der Waals surface area (Å²) in [5.74, 6) is 0.425. The first-order valence-electron chi connectivity index (χ1n) is 4.13. The van der Waals surface area contributed by atoms with Crippen LogP contribution in [0.1, 0.15) is 11.5 Å². The van der Waals surface area contributed by atoms with Crippen LogP contribution >= 0.6 is 0 Å². The van der Waals surface area contributed by atoms with Crippen molar-refractivity contribution in [3.05, 3.63) is 46.2 Å². The molecule has 0 amide bonds. The van der Waals surface area contributed by atoms with Crippen LogP contribution in [0.15, 0.2) is 33.7 Å². The van der Waals surface area contributed by atoms with E-state index in [-0.39, 0.29) is 5.69 Å². The summed E-state index contributed by atoms with van der Waals surface area (Å²) in [5, 5.41) is 2.17. The molecule has 0 spiro atoms. The van der Waals surface area contributed by atoms with Gasteiger partial charge in [0.25, 0.3) is 0 Å². The summed E-state index contributed by atoms with van der Waals surface area (Å²) in [6, 6.07) is 5.52. The first-order chi connectivity index (χ1) is 6.77. The third kappa shape index (κ3) is 1.52. The maximum absolute atomic E-state index is 10.9. The number of aromatic nitrogens is 2. The average molecular weight is 191 g/mol. The van der Waals surface area contributed by atoms with Gasteiger partial charge in [0, 0.05) is 11.9 Å². The second kappa shape index (κ2) is 3.37. The van der Waals surface area contributed by atoms with Gasteiger partial charge in [0.05, 0.1) is 6.42 Å². The van der Waals surface area contributed by atoms with Crippen LogP contribution in [0.25, 0.3) is 0 Å². The lowest BCUT2D eigenvalue weighted by atomic mass is 10.2. The van der Waals surface area contributed by atoms with E-state index in [1.807, 2.05) is 18.2 Å². The fourth-order valence-corrected chi connectivity index (χ4v) is 1.14. The number of nitrogens with zero attached hydrogens (tertiary/aromatic N) is 1. The van der Waals surface area contributed by atoms with Gasteiger partial charge in [-0.05, 0) is 12.1 Å². The molecule has 2 rings (SSSR count). The number of hydrogen-bond acceptors (Lipinski definition) is 4. The highest BCUT2D eigenvalue weighted by molar-refractivity contribution is 5.39. The Hall–Kier alpha value is -2.04. The first-order valence-corrected chi connectivity index (χ1v) is 4.13. The van der Waals surface area contributed by atoms with Crippen molar-refractivity contribution >= 4 is 5.69 Å². The van der Waals surface area contributed by atoms with E-state index in [0.29, 0.717) is 12.2 Å². The van der Waals surface area contributed by atoms with Crippen molar-refractivity contribution in [2.75, 3.05) is 5.73 Å². The fraction of sp³-hybridized carbons (Fsp3) is 0.111. The molecule has 2 aromatic heterocycles. The van der Waals surface area contributed by atoms with Crippen molar-refractivity contribution in [3.8, 4) is 0 Å². The summed E-state index contributed by atoms with van der Waals surface area (Å²) in [4.78, 5) is 15.0. The minimum Gasteiger partial charge on any atom is -0.391 e. The first kappa shape index (κ1) is 8.55. The molecule has 0 saturated heterocycles. The molecule has 5 nitrogen and oxygen atoms in total. The molecule has 5 heteroatoms. The average Bonchev–Trinajstić information content (AvgIpc) is 2.52. The van der Waals surface area contributed by atoms with E-state index < -0.39 is 5.56 Å². The minimum atomic E-state index is -0.393. The Morgan fingerprint density at radius 3 is 2.93 bits per heavy atom. The second-order valence-electron chi connectivity index (χ2n) is 2.87. The van der Waals surface area contributed by atoms with Gasteiger partial charge in [-0.2, -0.15) is 5.16 Å². The van der Waals surface area contributed by atoms with E-state index >= 15 is 0 Å². The summed E-state index contributed by atoms with van der Waals surface area (Å²) in [7, 11) is 0. The summed E-state index contributed by atoms with van der Waals surface area (Å²) in [6.45, 7) is 0. The summed E-state index contributed by atoms with van der Waals surface area (Å²) >= 11 is 0. The molecule has 72 valence electrons. The lowest BCUT2D eigenvalue weighted by Gasteiger charge is -1.95. The molecule has 0 unspecified atom stereocenters. The van der Waals surface area contributed by atoms with Crippen LogP contribution in [0.5, 0.6) is 0 Å². The molecule has 2 aromatic rings. The highest BCUT2D eigenvalue weighted by Gasteiger charge is 2.09. The van der Waals surface area contributed by atoms with Crippen LogP contribution in [0, 0.1) is 0 Å². The van der Waals surface area contributed by atoms with E-state index in [4.69, 9.17) is 10.3 Å². The van der Waals surface area contributed by atoms with Gasteiger partial charge in [0.2, 0.25) is 0 Å². The van der Waals surface area contributed by atoms with Gasteiger partial charge in [-0.3, -0.25) is 9.78 Å². The fourth-order valence-electron chi connectivity index (χ4n) is 1.14. The monoisotopic (exact) mass is 191 g/mol. The SMILES string of the molecule is Nc1c(Cc2ccccn2)o[nH]c1=O. The van der Waals surface area contributed by atoms with Gasteiger partial charge in [-0.25, -0.2) is 0 Å². The molecule has 0 atom stereocenters. The number of anilines is 1. The van der Waals surface area contributed by atoms with Gasteiger partial charge in [-0.15, -0.1) is 0 Å². The van der Waals surface area contributed by atoms with E-state index in [0.717, 1.165) is 5.69 Å². The lowest BCUT2D eigenvalue weighted by Crippen LogP contribution is -2.05. The quantitative estimate of drug-likeness (QED) is 0.725. The Bertz CT molecular complexity index is 472. The Balaban J connectivity index is 2.28. The van der Waals surface area contributed by atoms with Gasteiger partial charge < -0.3 is 10.3 Å². The lowest BCUT2D eigenvalue weighted by molar-refractivity contribution is 0.384. The second-order valence-corrected chi connectivity index (χ2v) is 2.87. The Morgan fingerprint density at radius 2 is 2.36 bits per heavy atom. The van der Waals surface area contributed by atoms with Gasteiger partial charge in [-0.1, -0.05) is 6.07 Å². The molecular weight excluding hydrogens is 182 g/mol. The maximum atomic E-state index is 10.9. The number of aromatic amines is 1. The molecular formula is C9H9N3O2. The smallest absolute Gasteiger partial charge is 0.303 e. The molecule has 0 bridgehead atoms.